The first-order chi connectivity index (χ1) is 15.5. The van der Waals surface area contributed by atoms with Crippen molar-refractivity contribution in [2.24, 2.45) is 4.99 Å². The predicted molar refractivity (Wildman–Crippen MR) is 130 cm³/mol. The standard InChI is InChI=1S/C27H24ClFN2O/c1-3-4-5-19-6-10-21(11-7-19)26-30-24(17-20-8-13-23(29)14-9-20)27(32)31(26)25-15-12-22(28)16-18(25)2/h6-17H,3-5H2,1-2H3. The Balaban J connectivity index is 1.77. The lowest BCUT2D eigenvalue weighted by atomic mass is 10.1. The number of carbonyl (C=O) groups excluding carboxylic acids is 1. The third kappa shape index (κ3) is 4.66. The highest BCUT2D eigenvalue weighted by Crippen LogP contribution is 2.31. The molecule has 0 spiro atoms. The maximum Gasteiger partial charge on any atom is 0.282 e. The van der Waals surface area contributed by atoms with Crippen molar-refractivity contribution >= 4 is 35.1 Å². The number of amides is 1. The number of rotatable bonds is 6. The van der Waals surface area contributed by atoms with Gasteiger partial charge in [-0.05, 0) is 72.9 Å². The first-order valence-corrected chi connectivity index (χ1v) is 11.1. The molecule has 0 unspecified atom stereocenters. The van der Waals surface area contributed by atoms with Gasteiger partial charge in [0.15, 0.2) is 0 Å². The highest BCUT2D eigenvalue weighted by molar-refractivity contribution is 6.34. The second kappa shape index (κ2) is 9.49. The fourth-order valence-electron chi connectivity index (χ4n) is 3.72. The molecule has 5 heteroatoms. The van der Waals surface area contributed by atoms with Crippen molar-refractivity contribution in [3.63, 3.8) is 0 Å². The number of aliphatic imine (C=N–C) groups is 1. The molecule has 0 saturated carbocycles. The lowest BCUT2D eigenvalue weighted by Crippen LogP contribution is -2.33. The van der Waals surface area contributed by atoms with E-state index in [0.29, 0.717) is 22.1 Å². The van der Waals surface area contributed by atoms with E-state index in [4.69, 9.17) is 16.6 Å². The summed E-state index contributed by atoms with van der Waals surface area (Å²) in [7, 11) is 0. The molecule has 4 rings (SSSR count). The number of carbonyl (C=O) groups is 1. The second-order valence-corrected chi connectivity index (χ2v) is 8.32. The van der Waals surface area contributed by atoms with E-state index in [1.54, 1.807) is 29.2 Å². The molecule has 3 nitrogen and oxygen atoms in total. The van der Waals surface area contributed by atoms with Crippen LogP contribution < -0.4 is 4.90 Å². The molecule has 0 saturated heterocycles. The minimum absolute atomic E-state index is 0.232. The summed E-state index contributed by atoms with van der Waals surface area (Å²) in [6.07, 6.45) is 4.99. The van der Waals surface area contributed by atoms with E-state index in [-0.39, 0.29) is 11.7 Å². The number of hydrogen-bond donors (Lipinski definition) is 0. The van der Waals surface area contributed by atoms with Gasteiger partial charge in [0.05, 0.1) is 5.69 Å². The van der Waals surface area contributed by atoms with Gasteiger partial charge in [-0.15, -0.1) is 0 Å². The Morgan fingerprint density at radius 2 is 1.75 bits per heavy atom. The van der Waals surface area contributed by atoms with Crippen LogP contribution in [0.25, 0.3) is 6.08 Å². The maximum absolute atomic E-state index is 13.4. The highest BCUT2D eigenvalue weighted by Gasteiger charge is 2.33. The van der Waals surface area contributed by atoms with Gasteiger partial charge in [0, 0.05) is 10.6 Å². The number of nitrogens with zero attached hydrogens (tertiary/aromatic N) is 2. The van der Waals surface area contributed by atoms with E-state index in [2.05, 4.69) is 19.1 Å². The SMILES string of the molecule is CCCCc1ccc(C2=NC(=Cc3ccc(F)cc3)C(=O)N2c2ccc(Cl)cc2C)cc1. The number of hydrogen-bond acceptors (Lipinski definition) is 2. The average molecular weight is 447 g/mol. The molecule has 0 radical (unpaired) electrons. The zero-order valence-electron chi connectivity index (χ0n) is 18.1. The number of amidine groups is 1. The highest BCUT2D eigenvalue weighted by atomic mass is 35.5. The summed E-state index contributed by atoms with van der Waals surface area (Å²) in [6.45, 7) is 4.09. The predicted octanol–water partition coefficient (Wildman–Crippen LogP) is 6.96. The molecular weight excluding hydrogens is 423 g/mol. The van der Waals surface area contributed by atoms with Crippen molar-refractivity contribution in [3.8, 4) is 0 Å². The van der Waals surface area contributed by atoms with Crippen LogP contribution in [0.4, 0.5) is 10.1 Å². The van der Waals surface area contributed by atoms with Crippen LogP contribution in [0.15, 0.2) is 77.4 Å². The van der Waals surface area contributed by atoms with Crippen molar-refractivity contribution < 1.29 is 9.18 Å². The zero-order chi connectivity index (χ0) is 22.7. The summed E-state index contributed by atoms with van der Waals surface area (Å²) >= 11 is 6.15. The van der Waals surface area contributed by atoms with Gasteiger partial charge in [0.1, 0.15) is 17.3 Å². The summed E-state index contributed by atoms with van der Waals surface area (Å²) in [5.41, 5.74) is 4.74. The molecule has 0 N–H and O–H groups in total. The Kier molecular flexibility index (Phi) is 6.52. The zero-order valence-corrected chi connectivity index (χ0v) is 18.9. The van der Waals surface area contributed by atoms with Gasteiger partial charge < -0.3 is 0 Å². The van der Waals surface area contributed by atoms with Crippen molar-refractivity contribution in [3.05, 3.63) is 106 Å². The van der Waals surface area contributed by atoms with Crippen molar-refractivity contribution in [2.45, 2.75) is 33.1 Å². The van der Waals surface area contributed by atoms with Gasteiger partial charge in [-0.2, -0.15) is 0 Å². The molecule has 3 aromatic carbocycles. The smallest absolute Gasteiger partial charge is 0.266 e. The quantitative estimate of drug-likeness (QED) is 0.376. The monoisotopic (exact) mass is 446 g/mol. The number of aryl methyl sites for hydroxylation is 2. The Labute approximate surface area is 192 Å². The Morgan fingerprint density at radius 3 is 2.41 bits per heavy atom. The fourth-order valence-corrected chi connectivity index (χ4v) is 3.95. The van der Waals surface area contributed by atoms with E-state index in [0.717, 1.165) is 36.1 Å². The van der Waals surface area contributed by atoms with Gasteiger partial charge in [-0.1, -0.05) is 61.3 Å². The lowest BCUT2D eigenvalue weighted by Gasteiger charge is -2.21. The van der Waals surface area contributed by atoms with E-state index in [1.165, 1.54) is 17.7 Å². The number of anilines is 1. The molecular formula is C27H24ClFN2O. The topological polar surface area (TPSA) is 32.7 Å². The van der Waals surface area contributed by atoms with Crippen LogP contribution >= 0.6 is 11.6 Å². The van der Waals surface area contributed by atoms with E-state index < -0.39 is 0 Å². The number of unbranched alkanes of at least 4 members (excludes halogenated alkanes) is 1. The first kappa shape index (κ1) is 22.0. The van der Waals surface area contributed by atoms with Crippen molar-refractivity contribution in [1.29, 1.82) is 0 Å². The largest absolute Gasteiger partial charge is 0.282 e. The van der Waals surface area contributed by atoms with Crippen LogP contribution in [0.5, 0.6) is 0 Å². The minimum atomic E-state index is -0.323. The third-order valence-corrected chi connectivity index (χ3v) is 5.70. The Morgan fingerprint density at radius 1 is 1.03 bits per heavy atom. The molecule has 1 aliphatic heterocycles. The van der Waals surface area contributed by atoms with E-state index in [9.17, 15) is 9.18 Å². The van der Waals surface area contributed by atoms with Gasteiger partial charge in [-0.25, -0.2) is 9.38 Å². The summed E-state index contributed by atoms with van der Waals surface area (Å²) in [5, 5.41) is 0.610. The third-order valence-electron chi connectivity index (χ3n) is 5.46. The number of halogens is 2. The van der Waals surface area contributed by atoms with Gasteiger partial charge >= 0.3 is 0 Å². The summed E-state index contributed by atoms with van der Waals surface area (Å²) in [5.74, 6) is 0.0105. The fraction of sp³-hybridized carbons (Fsp3) is 0.185. The van der Waals surface area contributed by atoms with Crippen LogP contribution in [0.1, 0.15) is 42.0 Å². The number of benzene rings is 3. The van der Waals surface area contributed by atoms with E-state index in [1.807, 2.05) is 31.2 Å². The molecule has 162 valence electrons. The van der Waals surface area contributed by atoms with Gasteiger partial charge in [0.25, 0.3) is 5.91 Å². The second-order valence-electron chi connectivity index (χ2n) is 7.89. The van der Waals surface area contributed by atoms with Crippen LogP contribution in [-0.4, -0.2) is 11.7 Å². The molecule has 0 bridgehead atoms. The van der Waals surface area contributed by atoms with Crippen molar-refractivity contribution in [2.75, 3.05) is 4.90 Å². The van der Waals surface area contributed by atoms with Gasteiger partial charge in [0.2, 0.25) is 0 Å². The lowest BCUT2D eigenvalue weighted by molar-refractivity contribution is -0.113. The maximum atomic E-state index is 13.4. The molecule has 1 aliphatic rings. The average Bonchev–Trinajstić information content (AvgIpc) is 3.10. The first-order valence-electron chi connectivity index (χ1n) is 10.7. The Hall–Kier alpha value is -3.24. The molecule has 0 aromatic heterocycles. The van der Waals surface area contributed by atoms with Crippen LogP contribution in [-0.2, 0) is 11.2 Å². The van der Waals surface area contributed by atoms with Crippen LogP contribution in [0.2, 0.25) is 5.02 Å². The molecule has 1 amide bonds. The molecule has 0 aliphatic carbocycles. The molecule has 32 heavy (non-hydrogen) atoms. The minimum Gasteiger partial charge on any atom is -0.266 e. The molecule has 0 atom stereocenters. The molecule has 3 aromatic rings. The van der Waals surface area contributed by atoms with Crippen LogP contribution in [0.3, 0.4) is 0 Å². The Bertz CT molecular complexity index is 1200. The van der Waals surface area contributed by atoms with Crippen LogP contribution in [0, 0.1) is 12.7 Å². The summed E-state index contributed by atoms with van der Waals surface area (Å²) in [6, 6.07) is 19.6. The van der Waals surface area contributed by atoms with Crippen molar-refractivity contribution in [1.82, 2.24) is 0 Å². The van der Waals surface area contributed by atoms with Gasteiger partial charge in [-0.3, -0.25) is 9.69 Å². The molecule has 0 fully saturated rings. The summed E-state index contributed by atoms with van der Waals surface area (Å²) in [4.78, 5) is 19.8. The van der Waals surface area contributed by atoms with E-state index >= 15 is 0 Å². The normalized spacial score (nSPS) is 14.9. The molecule has 1 heterocycles. The summed E-state index contributed by atoms with van der Waals surface area (Å²) < 4.78 is 13.3.